The number of hydrogen-bond acceptors (Lipinski definition) is 2. The summed E-state index contributed by atoms with van der Waals surface area (Å²) in [5, 5.41) is 0. The lowest BCUT2D eigenvalue weighted by Gasteiger charge is -2.07. The molecule has 0 heterocycles. The van der Waals surface area contributed by atoms with E-state index < -0.39 is 11.1 Å². The van der Waals surface area contributed by atoms with Gasteiger partial charge in [-0.25, -0.2) is 0 Å². The van der Waals surface area contributed by atoms with Crippen molar-refractivity contribution >= 4 is 22.0 Å². The molecule has 1 atom stereocenters. The van der Waals surface area contributed by atoms with Gasteiger partial charge in [0.25, 0.3) is 0 Å². The predicted molar refractivity (Wildman–Crippen MR) is 125 cm³/mol. The van der Waals surface area contributed by atoms with E-state index in [0.717, 1.165) is 5.56 Å². The molecule has 0 saturated heterocycles. The molecule has 0 amide bonds. The molecular formula is C26H24O2S2. The number of hydrogen-bond donors (Lipinski definition) is 0. The molecule has 30 heavy (non-hydrogen) atoms. The maximum Gasteiger partial charge on any atom is 0.166 e. The highest BCUT2D eigenvalue weighted by Gasteiger charge is 2.27. The summed E-state index contributed by atoms with van der Waals surface area (Å²) in [7, 11) is -0.0229. The van der Waals surface area contributed by atoms with Crippen molar-refractivity contribution in [2.24, 2.45) is 0 Å². The van der Waals surface area contributed by atoms with E-state index in [1.807, 2.05) is 6.92 Å². The highest BCUT2D eigenvalue weighted by Crippen LogP contribution is 2.30. The van der Waals surface area contributed by atoms with E-state index in [2.05, 4.69) is 91.9 Å². The number of benzene rings is 4. The third kappa shape index (κ3) is 6.17. The summed E-state index contributed by atoms with van der Waals surface area (Å²) in [4.78, 5) is 4.43. The molecule has 4 heteroatoms. The van der Waals surface area contributed by atoms with Crippen molar-refractivity contribution in [3.05, 3.63) is 120 Å². The summed E-state index contributed by atoms with van der Waals surface area (Å²) >= 11 is -2.09. The lowest BCUT2D eigenvalue weighted by molar-refractivity contribution is 0.537. The summed E-state index contributed by atoms with van der Waals surface area (Å²) in [5.74, 6) is 0. The topological polar surface area (TPSA) is 40.1 Å². The lowest BCUT2D eigenvalue weighted by atomic mass is 10.2. The minimum Gasteiger partial charge on any atom is -0.768 e. The largest absolute Gasteiger partial charge is 0.768 e. The molecule has 0 aliphatic heterocycles. The molecule has 4 aromatic carbocycles. The molecule has 0 fully saturated rings. The lowest BCUT2D eigenvalue weighted by Crippen LogP contribution is -2.04. The zero-order valence-electron chi connectivity index (χ0n) is 17.0. The van der Waals surface area contributed by atoms with Crippen molar-refractivity contribution in [3.63, 3.8) is 0 Å². The van der Waals surface area contributed by atoms with Crippen molar-refractivity contribution in [1.82, 2.24) is 0 Å². The minimum absolute atomic E-state index is 0.0229. The van der Waals surface area contributed by atoms with E-state index in [9.17, 15) is 8.76 Å². The monoisotopic (exact) mass is 432 g/mol. The van der Waals surface area contributed by atoms with Crippen LogP contribution < -0.4 is 0 Å². The minimum atomic E-state index is -2.09. The van der Waals surface area contributed by atoms with Gasteiger partial charge in [-0.1, -0.05) is 71.8 Å². The molecule has 0 spiro atoms. The molecule has 4 rings (SSSR count). The zero-order valence-corrected chi connectivity index (χ0v) is 18.7. The maximum absolute atomic E-state index is 10.3. The molecule has 0 aromatic heterocycles. The van der Waals surface area contributed by atoms with Crippen LogP contribution in [0.5, 0.6) is 0 Å². The van der Waals surface area contributed by atoms with Gasteiger partial charge in [0.05, 0.1) is 10.9 Å². The van der Waals surface area contributed by atoms with Crippen molar-refractivity contribution in [2.45, 2.75) is 33.4 Å². The molecule has 1 unspecified atom stereocenters. The van der Waals surface area contributed by atoms with Crippen LogP contribution in [0, 0.1) is 13.8 Å². The first-order valence-corrected chi connectivity index (χ1v) is 11.9. The first kappa shape index (κ1) is 22.0. The highest BCUT2D eigenvalue weighted by atomic mass is 32.2. The Kier molecular flexibility index (Phi) is 8.03. The van der Waals surface area contributed by atoms with E-state index in [1.165, 1.54) is 20.2 Å². The molecule has 0 radical (unpaired) electrons. The van der Waals surface area contributed by atoms with E-state index >= 15 is 0 Å². The zero-order chi connectivity index (χ0) is 21.3. The van der Waals surface area contributed by atoms with Crippen molar-refractivity contribution in [1.29, 1.82) is 0 Å². The van der Waals surface area contributed by atoms with Gasteiger partial charge in [-0.2, -0.15) is 0 Å². The van der Waals surface area contributed by atoms with Gasteiger partial charge >= 0.3 is 0 Å². The molecule has 0 N–H and O–H groups in total. The van der Waals surface area contributed by atoms with Crippen LogP contribution in [0.4, 0.5) is 0 Å². The Labute approximate surface area is 184 Å². The predicted octanol–water partition coefficient (Wildman–Crippen LogP) is 6.32. The Morgan fingerprint density at radius 3 is 1.33 bits per heavy atom. The Balaban J connectivity index is 0.000000216. The normalized spacial score (nSPS) is 11.5. The van der Waals surface area contributed by atoms with Crippen molar-refractivity contribution < 1.29 is 8.76 Å². The Morgan fingerprint density at radius 2 is 0.933 bits per heavy atom. The molecule has 0 bridgehead atoms. The van der Waals surface area contributed by atoms with Crippen LogP contribution in [-0.2, 0) is 22.0 Å². The smallest absolute Gasteiger partial charge is 0.166 e. The second kappa shape index (κ2) is 10.9. The van der Waals surface area contributed by atoms with Crippen molar-refractivity contribution in [3.8, 4) is 0 Å². The average Bonchev–Trinajstić information content (AvgIpc) is 2.78. The Morgan fingerprint density at radius 1 is 0.567 bits per heavy atom. The van der Waals surface area contributed by atoms with Gasteiger partial charge in [-0.15, -0.1) is 0 Å². The Hall–Kier alpha value is -2.66. The van der Waals surface area contributed by atoms with Crippen molar-refractivity contribution in [2.75, 3.05) is 0 Å². The van der Waals surface area contributed by atoms with Gasteiger partial charge in [-0.3, -0.25) is 4.21 Å². The van der Waals surface area contributed by atoms with E-state index in [1.54, 1.807) is 24.3 Å². The van der Waals surface area contributed by atoms with Gasteiger partial charge in [0.1, 0.15) is 0 Å². The molecule has 0 saturated carbocycles. The second-order valence-corrected chi connectivity index (χ2v) is 9.76. The summed E-state index contributed by atoms with van der Waals surface area (Å²) in [5.41, 5.74) is 2.37. The summed E-state index contributed by atoms with van der Waals surface area (Å²) in [6.45, 7) is 4.05. The average molecular weight is 433 g/mol. The summed E-state index contributed by atoms with van der Waals surface area (Å²) in [6.07, 6.45) is 0. The quantitative estimate of drug-likeness (QED) is 0.279. The molecule has 0 aliphatic carbocycles. The molecular weight excluding hydrogens is 408 g/mol. The third-order valence-corrected chi connectivity index (χ3v) is 7.32. The van der Waals surface area contributed by atoms with Crippen LogP contribution in [0.25, 0.3) is 0 Å². The molecule has 2 nitrogen and oxygen atoms in total. The molecule has 152 valence electrons. The van der Waals surface area contributed by atoms with Crippen LogP contribution in [0.2, 0.25) is 0 Å². The van der Waals surface area contributed by atoms with Crippen LogP contribution in [0.3, 0.4) is 0 Å². The Bertz CT molecular complexity index is 1020. The van der Waals surface area contributed by atoms with Gasteiger partial charge in [0, 0.05) is 4.90 Å². The van der Waals surface area contributed by atoms with Gasteiger partial charge < -0.3 is 4.55 Å². The SMILES string of the molecule is Cc1ccc(S(=O)[O-])cc1.Cc1ccc([S+](c2ccccc2)c2ccccc2)cc1. The standard InChI is InChI=1S/C19H17S.C7H8O2S/c1-16-12-14-19(15-13-16)20(17-8-4-2-5-9-17)18-10-6-3-7-11-18;1-6-2-4-7(5-3-6)10(8)9/h2-15H,1H3;2-5H,1H3,(H,8,9)/q+1;/p-1. The maximum atomic E-state index is 10.3. The van der Waals surface area contributed by atoms with Crippen LogP contribution in [-0.4, -0.2) is 8.76 Å². The summed E-state index contributed by atoms with van der Waals surface area (Å²) in [6, 6.07) is 37.1. The first-order chi connectivity index (χ1) is 14.5. The number of aryl methyl sites for hydroxylation is 2. The van der Waals surface area contributed by atoms with Gasteiger partial charge in [0.15, 0.2) is 14.7 Å². The third-order valence-electron chi connectivity index (χ3n) is 4.43. The van der Waals surface area contributed by atoms with Crippen LogP contribution >= 0.6 is 0 Å². The van der Waals surface area contributed by atoms with E-state index in [0.29, 0.717) is 4.90 Å². The molecule has 4 aromatic rings. The summed E-state index contributed by atoms with van der Waals surface area (Å²) < 4.78 is 20.6. The second-order valence-electron chi connectivity index (χ2n) is 6.79. The molecule has 0 aliphatic rings. The van der Waals surface area contributed by atoms with Gasteiger partial charge in [0.2, 0.25) is 0 Å². The van der Waals surface area contributed by atoms with E-state index in [-0.39, 0.29) is 10.9 Å². The fraction of sp³-hybridized carbons (Fsp3) is 0.0769. The first-order valence-electron chi connectivity index (χ1n) is 9.61. The fourth-order valence-electron chi connectivity index (χ4n) is 2.85. The number of rotatable bonds is 4. The van der Waals surface area contributed by atoms with E-state index in [4.69, 9.17) is 0 Å². The van der Waals surface area contributed by atoms with Crippen LogP contribution in [0.1, 0.15) is 11.1 Å². The van der Waals surface area contributed by atoms with Gasteiger partial charge in [-0.05, 0) is 73.5 Å². The highest BCUT2D eigenvalue weighted by molar-refractivity contribution is 7.97. The van der Waals surface area contributed by atoms with Crippen LogP contribution in [0.15, 0.2) is 129 Å². The fourth-order valence-corrected chi connectivity index (χ4v) is 5.29.